The van der Waals surface area contributed by atoms with E-state index in [1.54, 1.807) is 37.3 Å². The Morgan fingerprint density at radius 1 is 1.02 bits per heavy atom. The standard InChI is InChI=1S/C34H37F3N8O3/c1-22-30(29-16-17-40-44(29)27-14-8-23(21-38)9-15-27)43(33(48)42(22)28-7-5-6-25(20-28)34(35,36)37)32(47)41-26-12-10-24(11-13-26)31(46)39-18-19-45(2,3)4/h5-9,14-17,20,24,26H,10-13,18-19H2,1-4H3,(H-,39,41,46,47)/p+1/t24-,26-. The van der Waals surface area contributed by atoms with Crippen molar-refractivity contribution in [3.05, 3.63) is 88.1 Å². The minimum absolute atomic E-state index is 0.0171. The van der Waals surface area contributed by atoms with Crippen LogP contribution in [0.25, 0.3) is 22.8 Å². The largest absolute Gasteiger partial charge is 0.416 e. The second kappa shape index (κ2) is 13.5. The van der Waals surface area contributed by atoms with E-state index < -0.39 is 23.5 Å². The normalized spacial score (nSPS) is 16.7. The highest BCUT2D eigenvalue weighted by Gasteiger charge is 2.33. The second-order valence-corrected chi connectivity index (χ2v) is 13.0. The number of nitrogens with zero attached hydrogens (tertiary/aromatic N) is 6. The molecule has 0 saturated heterocycles. The van der Waals surface area contributed by atoms with E-state index in [0.717, 1.165) is 32.3 Å². The van der Waals surface area contributed by atoms with Gasteiger partial charge in [0.1, 0.15) is 5.69 Å². The van der Waals surface area contributed by atoms with E-state index >= 15 is 0 Å². The lowest BCUT2D eigenvalue weighted by atomic mass is 9.85. The molecule has 0 aliphatic heterocycles. The summed E-state index contributed by atoms with van der Waals surface area (Å²) in [5.41, 5.74) is -0.181. The van der Waals surface area contributed by atoms with Crippen LogP contribution >= 0.6 is 0 Å². The molecule has 11 nitrogen and oxygen atoms in total. The van der Waals surface area contributed by atoms with Crippen molar-refractivity contribution in [3.8, 4) is 28.8 Å². The van der Waals surface area contributed by atoms with Gasteiger partial charge in [-0.1, -0.05) is 6.07 Å². The molecule has 1 aliphatic carbocycles. The minimum atomic E-state index is -4.65. The Labute approximate surface area is 275 Å². The molecule has 2 heterocycles. The summed E-state index contributed by atoms with van der Waals surface area (Å²) >= 11 is 0. The van der Waals surface area contributed by atoms with Crippen molar-refractivity contribution in [2.45, 2.75) is 44.8 Å². The predicted molar refractivity (Wildman–Crippen MR) is 173 cm³/mol. The number of hydrogen-bond donors (Lipinski definition) is 2. The van der Waals surface area contributed by atoms with Crippen LogP contribution in [-0.4, -0.2) is 75.6 Å². The van der Waals surface area contributed by atoms with Crippen molar-refractivity contribution in [2.24, 2.45) is 5.92 Å². The Bertz CT molecular complexity index is 1900. The first-order valence-electron chi connectivity index (χ1n) is 15.6. The van der Waals surface area contributed by atoms with Gasteiger partial charge < -0.3 is 15.1 Å². The number of hydrogen-bond acceptors (Lipinski definition) is 5. The van der Waals surface area contributed by atoms with Crippen LogP contribution < -0.4 is 16.3 Å². The first kappa shape index (κ1) is 34.2. The van der Waals surface area contributed by atoms with E-state index in [1.165, 1.54) is 23.0 Å². The summed E-state index contributed by atoms with van der Waals surface area (Å²) in [6, 6.07) is 13.5. The molecule has 14 heteroatoms. The molecule has 1 saturated carbocycles. The van der Waals surface area contributed by atoms with E-state index in [4.69, 9.17) is 0 Å². The molecule has 1 fully saturated rings. The van der Waals surface area contributed by atoms with Crippen LogP contribution in [0.1, 0.15) is 42.5 Å². The zero-order valence-electron chi connectivity index (χ0n) is 27.2. The number of alkyl halides is 3. The Kier molecular flexibility index (Phi) is 9.63. The summed E-state index contributed by atoms with van der Waals surface area (Å²) in [6.45, 7) is 2.91. The number of amides is 2. The molecular formula is C34H38F3N8O3+. The second-order valence-electron chi connectivity index (χ2n) is 13.0. The lowest BCUT2D eigenvalue weighted by molar-refractivity contribution is -0.869. The summed E-state index contributed by atoms with van der Waals surface area (Å²) in [7, 11) is 6.15. The molecule has 252 valence electrons. The number of imidazole rings is 1. The highest BCUT2D eigenvalue weighted by molar-refractivity contribution is 5.83. The van der Waals surface area contributed by atoms with Gasteiger partial charge in [0, 0.05) is 12.0 Å². The van der Waals surface area contributed by atoms with Gasteiger partial charge in [-0.25, -0.2) is 18.8 Å². The zero-order chi connectivity index (χ0) is 34.8. The number of nitrogens with one attached hydrogen (secondary N) is 2. The number of carbonyl (C=O) groups is 2. The monoisotopic (exact) mass is 663 g/mol. The number of benzene rings is 2. The lowest BCUT2D eigenvalue weighted by Gasteiger charge is -2.29. The number of halogens is 3. The summed E-state index contributed by atoms with van der Waals surface area (Å²) in [4.78, 5) is 40.8. The lowest BCUT2D eigenvalue weighted by Crippen LogP contribution is -2.46. The summed E-state index contributed by atoms with van der Waals surface area (Å²) in [5.74, 6) is -0.202. The molecule has 0 radical (unpaired) electrons. The number of carbonyl (C=O) groups excluding carboxylic acids is 2. The van der Waals surface area contributed by atoms with Gasteiger partial charge in [0.15, 0.2) is 0 Å². The van der Waals surface area contributed by atoms with Gasteiger partial charge in [0.2, 0.25) is 5.91 Å². The van der Waals surface area contributed by atoms with Crippen LogP contribution in [0.5, 0.6) is 0 Å². The van der Waals surface area contributed by atoms with Gasteiger partial charge in [-0.2, -0.15) is 23.5 Å². The van der Waals surface area contributed by atoms with Crippen molar-refractivity contribution in [1.29, 1.82) is 5.26 Å². The SMILES string of the molecule is Cc1c(-c2ccnn2-c2ccc(C#N)cc2)n(C(=O)N[C@H]2CC[C@H](C(=O)NCC[N+](C)(C)C)CC2)c(=O)n1-c1cccc(C(F)(F)F)c1. The van der Waals surface area contributed by atoms with Crippen molar-refractivity contribution >= 4 is 11.9 Å². The third kappa shape index (κ3) is 7.36. The van der Waals surface area contributed by atoms with Crippen LogP contribution in [0.4, 0.5) is 18.0 Å². The fraction of sp³-hybridized carbons (Fsp3) is 0.382. The molecule has 5 rings (SSSR count). The molecule has 2 aromatic heterocycles. The molecular weight excluding hydrogens is 625 g/mol. The van der Waals surface area contributed by atoms with Gasteiger partial charge >= 0.3 is 17.9 Å². The first-order chi connectivity index (χ1) is 22.7. The Morgan fingerprint density at radius 2 is 1.71 bits per heavy atom. The highest BCUT2D eigenvalue weighted by atomic mass is 19.4. The van der Waals surface area contributed by atoms with Crippen molar-refractivity contribution < 1.29 is 27.2 Å². The van der Waals surface area contributed by atoms with Gasteiger partial charge in [-0.15, -0.1) is 0 Å². The van der Waals surface area contributed by atoms with Crippen molar-refractivity contribution in [2.75, 3.05) is 34.2 Å². The number of rotatable bonds is 8. The first-order valence-corrected chi connectivity index (χ1v) is 15.6. The van der Waals surface area contributed by atoms with Crippen molar-refractivity contribution in [3.63, 3.8) is 0 Å². The van der Waals surface area contributed by atoms with Crippen molar-refractivity contribution in [1.82, 2.24) is 29.5 Å². The van der Waals surface area contributed by atoms with E-state index in [-0.39, 0.29) is 34.9 Å². The Hall–Kier alpha value is -5.16. The Balaban J connectivity index is 1.48. The van der Waals surface area contributed by atoms with Gasteiger partial charge in [0.25, 0.3) is 0 Å². The van der Waals surface area contributed by atoms with Crippen LogP contribution in [0.2, 0.25) is 0 Å². The molecule has 2 aromatic carbocycles. The quantitative estimate of drug-likeness (QED) is 0.266. The average molecular weight is 664 g/mol. The van der Waals surface area contributed by atoms with Crippen LogP contribution in [0, 0.1) is 24.2 Å². The molecule has 0 unspecified atom stereocenters. The van der Waals surface area contributed by atoms with E-state index in [1.807, 2.05) is 21.1 Å². The fourth-order valence-electron chi connectivity index (χ4n) is 5.98. The maximum atomic E-state index is 14.1. The summed E-state index contributed by atoms with van der Waals surface area (Å²) < 4.78 is 45.2. The molecule has 2 amide bonds. The third-order valence-corrected chi connectivity index (χ3v) is 8.55. The molecule has 4 aromatic rings. The number of aromatic nitrogens is 4. The maximum Gasteiger partial charge on any atom is 0.416 e. The van der Waals surface area contributed by atoms with Crippen LogP contribution in [-0.2, 0) is 11.0 Å². The molecule has 0 spiro atoms. The number of nitriles is 1. The number of likely N-dealkylation sites (N-methyl/N-ethyl adjacent to an activating group) is 1. The minimum Gasteiger partial charge on any atom is -0.350 e. The van der Waals surface area contributed by atoms with E-state index in [2.05, 4.69) is 21.8 Å². The smallest absolute Gasteiger partial charge is 0.350 e. The average Bonchev–Trinajstić information content (AvgIpc) is 3.62. The molecule has 1 aliphatic rings. The van der Waals surface area contributed by atoms with E-state index in [0.29, 0.717) is 49.2 Å². The van der Waals surface area contributed by atoms with E-state index in [9.17, 15) is 32.8 Å². The topological polar surface area (TPSA) is 127 Å². The summed E-state index contributed by atoms with van der Waals surface area (Å²) in [5, 5.41) is 19.5. The van der Waals surface area contributed by atoms with Crippen LogP contribution in [0.3, 0.4) is 0 Å². The Morgan fingerprint density at radius 3 is 2.33 bits per heavy atom. The zero-order valence-corrected chi connectivity index (χ0v) is 27.2. The van der Waals surface area contributed by atoms with Gasteiger partial charge in [0.05, 0.1) is 80.4 Å². The molecule has 0 atom stereocenters. The van der Waals surface area contributed by atoms with Gasteiger partial charge in [-0.3, -0.25) is 9.36 Å². The third-order valence-electron chi connectivity index (χ3n) is 8.55. The van der Waals surface area contributed by atoms with Gasteiger partial charge in [-0.05, 0) is 81.1 Å². The molecule has 48 heavy (non-hydrogen) atoms. The molecule has 0 bridgehead atoms. The highest BCUT2D eigenvalue weighted by Crippen LogP contribution is 2.32. The number of quaternary nitrogens is 1. The summed E-state index contributed by atoms with van der Waals surface area (Å²) in [6.07, 6.45) is -1.03. The fourth-order valence-corrected chi connectivity index (χ4v) is 5.98. The van der Waals surface area contributed by atoms with Crippen LogP contribution in [0.15, 0.2) is 65.6 Å². The predicted octanol–water partition coefficient (Wildman–Crippen LogP) is 4.63. The molecule has 2 N–H and O–H groups in total. The maximum absolute atomic E-state index is 14.1.